The number of piperidine rings is 1. The third kappa shape index (κ3) is 2.85. The molecule has 2 atom stereocenters. The van der Waals surface area contributed by atoms with Crippen molar-refractivity contribution in [3.63, 3.8) is 0 Å². The number of hydrogen-bond donors (Lipinski definition) is 1. The topological polar surface area (TPSA) is 29.3 Å². The summed E-state index contributed by atoms with van der Waals surface area (Å²) in [7, 11) is 0. The number of nitrogens with zero attached hydrogens (tertiary/aromatic N) is 1. The van der Waals surface area contributed by atoms with Crippen LogP contribution in [0.15, 0.2) is 18.2 Å². The average molecular weight is 271 g/mol. The van der Waals surface area contributed by atoms with E-state index in [1.807, 2.05) is 6.07 Å². The number of benzene rings is 1. The lowest BCUT2D eigenvalue weighted by Crippen LogP contribution is -2.45. The third-order valence-corrected chi connectivity index (χ3v) is 4.16. The maximum atomic E-state index is 13.2. The van der Waals surface area contributed by atoms with Crippen molar-refractivity contribution < 1.29 is 4.39 Å². The quantitative estimate of drug-likeness (QED) is 0.913. The minimum Gasteiger partial charge on any atom is -0.329 e. The lowest BCUT2D eigenvalue weighted by atomic mass is 9.97. The first-order valence-electron chi connectivity index (χ1n) is 6.54. The molecule has 1 aromatic rings. The van der Waals surface area contributed by atoms with E-state index >= 15 is 0 Å². The highest BCUT2D eigenvalue weighted by Gasteiger charge is 2.26. The lowest BCUT2D eigenvalue weighted by Gasteiger charge is -2.39. The zero-order chi connectivity index (χ0) is 13.1. The molecule has 1 aromatic carbocycles. The maximum absolute atomic E-state index is 13.2. The highest BCUT2D eigenvalue weighted by Crippen LogP contribution is 2.29. The van der Waals surface area contributed by atoms with E-state index in [2.05, 4.69) is 11.8 Å². The Bertz CT molecular complexity index is 411. The second-order valence-corrected chi connectivity index (χ2v) is 5.38. The predicted molar refractivity (Wildman–Crippen MR) is 73.2 cm³/mol. The van der Waals surface area contributed by atoms with Crippen molar-refractivity contribution in [1.29, 1.82) is 0 Å². The highest BCUT2D eigenvalue weighted by atomic mass is 35.5. The van der Waals surface area contributed by atoms with Crippen molar-refractivity contribution in [2.24, 2.45) is 5.73 Å². The van der Waals surface area contributed by atoms with Gasteiger partial charge in [-0.05, 0) is 44.0 Å². The Hall–Kier alpha value is -0.640. The molecular formula is C14H20ClFN2. The molecule has 1 aliphatic heterocycles. The zero-order valence-corrected chi connectivity index (χ0v) is 11.5. The number of nitrogens with two attached hydrogens (primary N) is 1. The van der Waals surface area contributed by atoms with Gasteiger partial charge in [0.15, 0.2) is 0 Å². The Labute approximate surface area is 113 Å². The molecule has 2 unspecified atom stereocenters. The monoisotopic (exact) mass is 270 g/mol. The minimum absolute atomic E-state index is 0.195. The smallest absolute Gasteiger partial charge is 0.141 e. The molecule has 1 aliphatic rings. The van der Waals surface area contributed by atoms with Gasteiger partial charge in [-0.15, -0.1) is 0 Å². The molecule has 0 spiro atoms. The van der Waals surface area contributed by atoms with E-state index < -0.39 is 0 Å². The van der Waals surface area contributed by atoms with E-state index in [9.17, 15) is 4.39 Å². The van der Waals surface area contributed by atoms with E-state index in [0.29, 0.717) is 12.6 Å². The fourth-order valence-electron chi connectivity index (χ4n) is 2.75. The summed E-state index contributed by atoms with van der Waals surface area (Å²) in [4.78, 5) is 2.41. The Kier molecular flexibility index (Phi) is 4.60. The van der Waals surface area contributed by atoms with E-state index in [1.54, 1.807) is 6.07 Å². The van der Waals surface area contributed by atoms with Gasteiger partial charge in [-0.3, -0.25) is 4.90 Å². The number of likely N-dealkylation sites (tertiary alicyclic amines) is 1. The van der Waals surface area contributed by atoms with Crippen LogP contribution >= 0.6 is 11.6 Å². The molecule has 0 aliphatic carbocycles. The third-order valence-electron chi connectivity index (χ3n) is 3.87. The van der Waals surface area contributed by atoms with Crippen molar-refractivity contribution in [3.8, 4) is 0 Å². The van der Waals surface area contributed by atoms with Crippen LogP contribution in [-0.2, 0) is 0 Å². The van der Waals surface area contributed by atoms with Crippen molar-refractivity contribution >= 4 is 11.6 Å². The van der Waals surface area contributed by atoms with Gasteiger partial charge in [-0.1, -0.05) is 24.1 Å². The molecule has 0 bridgehead atoms. The number of hydrogen-bond acceptors (Lipinski definition) is 2. The van der Waals surface area contributed by atoms with Crippen molar-refractivity contribution in [3.05, 3.63) is 34.6 Å². The molecule has 100 valence electrons. The van der Waals surface area contributed by atoms with Gasteiger partial charge in [0.1, 0.15) is 5.82 Å². The summed E-state index contributed by atoms with van der Waals surface area (Å²) in [5, 5.41) is 0.195. The Balaban J connectivity index is 2.18. The first-order chi connectivity index (χ1) is 8.63. The lowest BCUT2D eigenvalue weighted by molar-refractivity contribution is 0.108. The van der Waals surface area contributed by atoms with Gasteiger partial charge in [0.2, 0.25) is 0 Å². The van der Waals surface area contributed by atoms with Gasteiger partial charge in [0, 0.05) is 18.6 Å². The van der Waals surface area contributed by atoms with Crippen LogP contribution in [0.3, 0.4) is 0 Å². The predicted octanol–water partition coefficient (Wildman–Crippen LogP) is 3.35. The average Bonchev–Trinajstić information content (AvgIpc) is 2.41. The van der Waals surface area contributed by atoms with E-state index in [0.717, 1.165) is 18.5 Å². The van der Waals surface area contributed by atoms with Crippen molar-refractivity contribution in [1.82, 2.24) is 4.90 Å². The van der Waals surface area contributed by atoms with E-state index in [1.165, 1.54) is 18.9 Å². The molecule has 0 amide bonds. The second-order valence-electron chi connectivity index (χ2n) is 4.97. The fourth-order valence-corrected chi connectivity index (χ4v) is 2.94. The molecule has 0 radical (unpaired) electrons. The Morgan fingerprint density at radius 1 is 1.50 bits per heavy atom. The molecule has 2 N–H and O–H groups in total. The normalized spacial score (nSPS) is 23.0. The molecule has 2 rings (SSSR count). The molecule has 18 heavy (non-hydrogen) atoms. The van der Waals surface area contributed by atoms with Crippen LogP contribution in [0.1, 0.15) is 37.8 Å². The summed E-state index contributed by atoms with van der Waals surface area (Å²) in [5.41, 5.74) is 6.89. The van der Waals surface area contributed by atoms with Crippen LogP contribution in [-0.4, -0.2) is 24.0 Å². The van der Waals surface area contributed by atoms with Gasteiger partial charge in [-0.25, -0.2) is 4.39 Å². The van der Waals surface area contributed by atoms with Crippen LogP contribution in [0, 0.1) is 5.82 Å². The van der Waals surface area contributed by atoms with E-state index in [-0.39, 0.29) is 16.9 Å². The van der Waals surface area contributed by atoms with Crippen LogP contribution < -0.4 is 5.73 Å². The molecule has 4 heteroatoms. The first-order valence-corrected chi connectivity index (χ1v) is 6.92. The standard InChI is InChI=1S/C14H20ClFN2/c1-10(11-5-6-14(16)13(15)8-11)18-7-3-2-4-12(18)9-17/h5-6,8,10,12H,2-4,7,9,17H2,1H3. The van der Waals surface area contributed by atoms with Gasteiger partial charge in [0.25, 0.3) is 0 Å². The molecule has 0 aromatic heterocycles. The molecule has 2 nitrogen and oxygen atoms in total. The summed E-state index contributed by atoms with van der Waals surface area (Å²) >= 11 is 5.85. The van der Waals surface area contributed by atoms with Crippen LogP contribution in [0.2, 0.25) is 5.02 Å². The summed E-state index contributed by atoms with van der Waals surface area (Å²) < 4.78 is 13.2. The van der Waals surface area contributed by atoms with Crippen molar-refractivity contribution in [2.45, 2.75) is 38.3 Å². The number of halogens is 2. The second kappa shape index (κ2) is 6.00. The molecule has 1 heterocycles. The van der Waals surface area contributed by atoms with Crippen molar-refractivity contribution in [2.75, 3.05) is 13.1 Å². The molecule has 1 fully saturated rings. The fraction of sp³-hybridized carbons (Fsp3) is 0.571. The van der Waals surface area contributed by atoms with E-state index in [4.69, 9.17) is 17.3 Å². The Morgan fingerprint density at radius 2 is 2.28 bits per heavy atom. The summed E-state index contributed by atoms with van der Waals surface area (Å²) in [5.74, 6) is -0.360. The molecule has 1 saturated heterocycles. The first kappa shape index (κ1) is 13.8. The minimum atomic E-state index is -0.360. The Morgan fingerprint density at radius 3 is 2.94 bits per heavy atom. The molecule has 0 saturated carbocycles. The van der Waals surface area contributed by atoms with Gasteiger partial charge in [0.05, 0.1) is 5.02 Å². The zero-order valence-electron chi connectivity index (χ0n) is 10.7. The van der Waals surface area contributed by atoms with Gasteiger partial charge < -0.3 is 5.73 Å². The molecular weight excluding hydrogens is 251 g/mol. The summed E-state index contributed by atoms with van der Waals surface area (Å²) in [6.45, 7) is 3.87. The summed E-state index contributed by atoms with van der Waals surface area (Å²) in [6, 6.07) is 5.64. The maximum Gasteiger partial charge on any atom is 0.141 e. The number of rotatable bonds is 3. The highest BCUT2D eigenvalue weighted by molar-refractivity contribution is 6.30. The largest absolute Gasteiger partial charge is 0.329 e. The van der Waals surface area contributed by atoms with Crippen LogP contribution in [0.4, 0.5) is 4.39 Å². The van der Waals surface area contributed by atoms with Gasteiger partial charge in [-0.2, -0.15) is 0 Å². The summed E-state index contributed by atoms with van der Waals surface area (Å²) in [6.07, 6.45) is 3.60. The van der Waals surface area contributed by atoms with Gasteiger partial charge >= 0.3 is 0 Å². The van der Waals surface area contributed by atoms with Crippen LogP contribution in [0.25, 0.3) is 0 Å². The van der Waals surface area contributed by atoms with Crippen LogP contribution in [0.5, 0.6) is 0 Å². The SMILES string of the molecule is CC(c1ccc(F)c(Cl)c1)N1CCCCC1CN.